The number of hydrogen-bond acceptors (Lipinski definition) is 3. The summed E-state index contributed by atoms with van der Waals surface area (Å²) >= 11 is 0. The summed E-state index contributed by atoms with van der Waals surface area (Å²) in [7, 11) is 2.98. The molecule has 1 aromatic carbocycles. The Morgan fingerprint density at radius 2 is 2.05 bits per heavy atom. The van der Waals surface area contributed by atoms with Crippen LogP contribution in [0.15, 0.2) is 24.3 Å². The van der Waals surface area contributed by atoms with E-state index in [2.05, 4.69) is 0 Å². The van der Waals surface area contributed by atoms with Gasteiger partial charge >= 0.3 is 6.18 Å². The maximum atomic E-state index is 12.9. The van der Waals surface area contributed by atoms with Gasteiger partial charge in [0.05, 0.1) is 7.11 Å². The van der Waals surface area contributed by atoms with Crippen LogP contribution in [0.1, 0.15) is 12.0 Å². The molecule has 0 amide bonds. The Bertz CT molecular complexity index is 396. The molecule has 19 heavy (non-hydrogen) atoms. The van der Waals surface area contributed by atoms with Crippen molar-refractivity contribution in [3.05, 3.63) is 29.8 Å². The fourth-order valence-corrected chi connectivity index (χ4v) is 1.96. The lowest BCUT2D eigenvalue weighted by Gasteiger charge is -2.29. The Morgan fingerprint density at radius 3 is 2.58 bits per heavy atom. The van der Waals surface area contributed by atoms with Crippen molar-refractivity contribution in [3.63, 3.8) is 0 Å². The third kappa shape index (κ3) is 4.72. The van der Waals surface area contributed by atoms with Crippen LogP contribution in [0.4, 0.5) is 13.2 Å². The van der Waals surface area contributed by atoms with E-state index in [1.165, 1.54) is 19.1 Å². The van der Waals surface area contributed by atoms with Gasteiger partial charge in [-0.2, -0.15) is 13.2 Å². The largest absolute Gasteiger partial charge is 0.497 e. The summed E-state index contributed by atoms with van der Waals surface area (Å²) in [6.07, 6.45) is -4.38. The number of ether oxygens (including phenoxy) is 1. The molecule has 2 N–H and O–H groups in total. The predicted molar refractivity (Wildman–Crippen MR) is 68.0 cm³/mol. The van der Waals surface area contributed by atoms with Crippen molar-refractivity contribution >= 4 is 0 Å². The van der Waals surface area contributed by atoms with Crippen LogP contribution in [0.2, 0.25) is 0 Å². The van der Waals surface area contributed by atoms with Gasteiger partial charge in [-0.15, -0.1) is 0 Å². The highest BCUT2D eigenvalue weighted by Crippen LogP contribution is 2.27. The second kappa shape index (κ2) is 6.77. The molecule has 3 nitrogen and oxygen atoms in total. The highest BCUT2D eigenvalue weighted by atomic mass is 19.4. The predicted octanol–water partition coefficient (Wildman–Crippen LogP) is 2.41. The third-order valence-corrected chi connectivity index (χ3v) is 2.92. The zero-order valence-corrected chi connectivity index (χ0v) is 11.1. The Balaban J connectivity index is 2.77. The molecule has 0 bridgehead atoms. The number of rotatable bonds is 6. The van der Waals surface area contributed by atoms with Gasteiger partial charge in [0, 0.05) is 6.54 Å². The summed E-state index contributed by atoms with van der Waals surface area (Å²) in [5.74, 6) is 0.633. The summed E-state index contributed by atoms with van der Waals surface area (Å²) in [6.45, 7) is 0.202. The molecule has 0 aromatic heterocycles. The van der Waals surface area contributed by atoms with Gasteiger partial charge in [-0.05, 0) is 37.7 Å². The van der Waals surface area contributed by atoms with Crippen LogP contribution in [0, 0.1) is 0 Å². The molecule has 0 aliphatic carbocycles. The standard InChI is InChI=1S/C13H19F3N2O/c1-18(12(6-7-17)13(14,15)16)9-10-4-3-5-11(8-10)19-2/h3-5,8,12H,6-7,9,17H2,1-2H3. The number of halogens is 3. The normalized spacial score (nSPS) is 13.6. The van der Waals surface area contributed by atoms with Crippen molar-refractivity contribution in [2.75, 3.05) is 20.7 Å². The van der Waals surface area contributed by atoms with E-state index in [9.17, 15) is 13.2 Å². The van der Waals surface area contributed by atoms with Crippen LogP contribution in [0.3, 0.4) is 0 Å². The molecule has 0 saturated carbocycles. The number of hydrogen-bond donors (Lipinski definition) is 1. The molecule has 0 aliphatic heterocycles. The average Bonchev–Trinajstić information content (AvgIpc) is 2.34. The van der Waals surface area contributed by atoms with Crippen LogP contribution in [0.25, 0.3) is 0 Å². The Hall–Kier alpha value is -1.27. The Labute approximate surface area is 111 Å². The average molecular weight is 276 g/mol. The van der Waals surface area contributed by atoms with Gasteiger partial charge in [-0.3, -0.25) is 4.90 Å². The molecule has 0 radical (unpaired) electrons. The molecule has 1 rings (SSSR count). The quantitative estimate of drug-likeness (QED) is 0.867. The molecular weight excluding hydrogens is 257 g/mol. The summed E-state index contributed by atoms with van der Waals surface area (Å²) in [4.78, 5) is 1.27. The van der Waals surface area contributed by atoms with E-state index < -0.39 is 12.2 Å². The minimum atomic E-state index is -4.27. The summed E-state index contributed by atoms with van der Waals surface area (Å²) < 4.78 is 43.7. The summed E-state index contributed by atoms with van der Waals surface area (Å²) in [5, 5.41) is 0. The second-order valence-corrected chi connectivity index (χ2v) is 4.40. The van der Waals surface area contributed by atoms with E-state index in [0.717, 1.165) is 5.56 Å². The zero-order chi connectivity index (χ0) is 14.5. The second-order valence-electron chi connectivity index (χ2n) is 4.40. The van der Waals surface area contributed by atoms with Crippen LogP contribution in [-0.2, 0) is 6.54 Å². The molecule has 0 saturated heterocycles. The van der Waals surface area contributed by atoms with Gasteiger partial charge in [0.2, 0.25) is 0 Å². The maximum Gasteiger partial charge on any atom is 0.404 e. The number of nitrogens with two attached hydrogens (primary N) is 1. The van der Waals surface area contributed by atoms with Crippen molar-refractivity contribution in [1.29, 1.82) is 0 Å². The first kappa shape index (κ1) is 15.8. The molecule has 1 unspecified atom stereocenters. The molecule has 0 heterocycles. The molecule has 0 aliphatic rings. The molecular formula is C13H19F3N2O. The molecule has 0 spiro atoms. The van der Waals surface area contributed by atoms with Gasteiger partial charge in [-0.25, -0.2) is 0 Å². The van der Waals surface area contributed by atoms with Crippen molar-refractivity contribution in [1.82, 2.24) is 4.90 Å². The van der Waals surface area contributed by atoms with Crippen molar-refractivity contribution in [3.8, 4) is 5.75 Å². The van der Waals surface area contributed by atoms with Gasteiger partial charge in [0.25, 0.3) is 0 Å². The number of nitrogens with zero attached hydrogens (tertiary/aromatic N) is 1. The van der Waals surface area contributed by atoms with E-state index in [-0.39, 0.29) is 19.5 Å². The molecule has 0 fully saturated rings. The molecule has 1 aromatic rings. The van der Waals surface area contributed by atoms with E-state index in [1.807, 2.05) is 0 Å². The van der Waals surface area contributed by atoms with Crippen molar-refractivity contribution in [2.24, 2.45) is 5.73 Å². The van der Waals surface area contributed by atoms with E-state index >= 15 is 0 Å². The van der Waals surface area contributed by atoms with Gasteiger partial charge in [0.1, 0.15) is 11.8 Å². The topological polar surface area (TPSA) is 38.5 Å². The first-order chi connectivity index (χ1) is 8.88. The third-order valence-electron chi connectivity index (χ3n) is 2.92. The lowest BCUT2D eigenvalue weighted by atomic mass is 10.1. The van der Waals surface area contributed by atoms with E-state index in [1.54, 1.807) is 24.3 Å². The van der Waals surface area contributed by atoms with Crippen LogP contribution < -0.4 is 10.5 Å². The highest BCUT2D eigenvalue weighted by Gasteiger charge is 2.41. The fourth-order valence-electron chi connectivity index (χ4n) is 1.96. The SMILES string of the molecule is COc1cccc(CN(C)C(CCN)C(F)(F)F)c1. The summed E-state index contributed by atoms with van der Waals surface area (Å²) in [5.41, 5.74) is 6.03. The molecule has 6 heteroatoms. The minimum Gasteiger partial charge on any atom is -0.497 e. The zero-order valence-electron chi connectivity index (χ0n) is 11.1. The van der Waals surface area contributed by atoms with Crippen LogP contribution in [0.5, 0.6) is 5.75 Å². The minimum absolute atomic E-state index is 0.00657. The van der Waals surface area contributed by atoms with Crippen LogP contribution in [-0.4, -0.2) is 37.8 Å². The highest BCUT2D eigenvalue weighted by molar-refractivity contribution is 5.28. The Kier molecular flexibility index (Phi) is 5.62. The van der Waals surface area contributed by atoms with Gasteiger partial charge < -0.3 is 10.5 Å². The summed E-state index contributed by atoms with van der Waals surface area (Å²) in [6, 6.07) is 5.49. The van der Waals surface area contributed by atoms with Crippen LogP contribution >= 0.6 is 0 Å². The van der Waals surface area contributed by atoms with Gasteiger partial charge in [-0.1, -0.05) is 12.1 Å². The lowest BCUT2D eigenvalue weighted by Crippen LogP contribution is -2.44. The number of benzene rings is 1. The number of methoxy groups -OCH3 is 1. The van der Waals surface area contributed by atoms with Crippen molar-refractivity contribution in [2.45, 2.75) is 25.2 Å². The van der Waals surface area contributed by atoms with Crippen molar-refractivity contribution < 1.29 is 17.9 Å². The fraction of sp³-hybridized carbons (Fsp3) is 0.538. The molecule has 1 atom stereocenters. The number of alkyl halides is 3. The first-order valence-electron chi connectivity index (χ1n) is 5.98. The Morgan fingerprint density at radius 1 is 1.37 bits per heavy atom. The smallest absolute Gasteiger partial charge is 0.404 e. The molecule has 108 valence electrons. The van der Waals surface area contributed by atoms with E-state index in [4.69, 9.17) is 10.5 Å². The first-order valence-corrected chi connectivity index (χ1v) is 5.98. The monoisotopic (exact) mass is 276 g/mol. The maximum absolute atomic E-state index is 12.9. The van der Waals surface area contributed by atoms with E-state index in [0.29, 0.717) is 5.75 Å². The lowest BCUT2D eigenvalue weighted by molar-refractivity contribution is -0.182. The van der Waals surface area contributed by atoms with Gasteiger partial charge in [0.15, 0.2) is 0 Å².